The maximum atomic E-state index is 11.3. The Morgan fingerprint density at radius 2 is 2.08 bits per heavy atom. The number of fused-ring (bicyclic) bond motifs is 4. The highest BCUT2D eigenvalue weighted by Crippen LogP contribution is 2.44. The number of hydrogen-bond acceptors (Lipinski definition) is 3. The Kier molecular flexibility index (Phi) is 3.25. The lowest BCUT2D eigenvalue weighted by molar-refractivity contribution is -0.581. The van der Waals surface area contributed by atoms with Crippen molar-refractivity contribution >= 4 is 17.2 Å². The van der Waals surface area contributed by atoms with E-state index in [1.807, 2.05) is 25.2 Å². The van der Waals surface area contributed by atoms with Crippen LogP contribution >= 0.6 is 0 Å². The van der Waals surface area contributed by atoms with Gasteiger partial charge in [-0.2, -0.15) is 0 Å². The standard InChI is InChI=1S/C20H20N2O2/c1-11-17-10-22(4)8-7-15(17)12(2)20-19(11)16-9-14(24-13(3)23)5-6-18(16)21-20/h5-10,20-21H,1-4H3/p+1. The Hall–Kier alpha value is -2.59. The highest BCUT2D eigenvalue weighted by Gasteiger charge is 2.39. The Labute approximate surface area is 141 Å². The van der Waals surface area contributed by atoms with Gasteiger partial charge in [0.15, 0.2) is 0 Å². The Bertz CT molecular complexity index is 887. The van der Waals surface area contributed by atoms with Gasteiger partial charge in [0.05, 0.1) is 0 Å². The van der Waals surface area contributed by atoms with Gasteiger partial charge in [-0.25, -0.2) is 0 Å². The third-order valence-electron chi connectivity index (χ3n) is 5.03. The molecule has 0 spiro atoms. The number of hydrogen-bond donors (Lipinski definition) is 1. The molecule has 4 nitrogen and oxygen atoms in total. The SMILES string of the molecule is CC(=O)Oc1ccc2c(c1)C1=C(C)C3=CN(C)C=CC3=C(C)C1[NH2+]2. The molecule has 1 unspecified atom stereocenters. The summed E-state index contributed by atoms with van der Waals surface area (Å²) in [7, 11) is 2.05. The molecule has 2 N–H and O–H groups in total. The molecular weight excluding hydrogens is 300 g/mol. The van der Waals surface area contributed by atoms with Crippen molar-refractivity contribution in [1.29, 1.82) is 0 Å². The van der Waals surface area contributed by atoms with Crippen molar-refractivity contribution in [1.82, 2.24) is 4.90 Å². The van der Waals surface area contributed by atoms with Crippen LogP contribution < -0.4 is 10.1 Å². The van der Waals surface area contributed by atoms with E-state index in [0.29, 0.717) is 11.8 Å². The molecule has 0 fully saturated rings. The molecule has 0 aromatic heterocycles. The smallest absolute Gasteiger partial charge is 0.308 e. The van der Waals surface area contributed by atoms with E-state index >= 15 is 0 Å². The third-order valence-corrected chi connectivity index (χ3v) is 5.03. The van der Waals surface area contributed by atoms with Crippen LogP contribution in [0.15, 0.2) is 59.0 Å². The molecule has 1 aromatic carbocycles. The molecule has 24 heavy (non-hydrogen) atoms. The van der Waals surface area contributed by atoms with Gasteiger partial charge in [0.2, 0.25) is 0 Å². The normalized spacial score (nSPS) is 21.4. The zero-order valence-electron chi connectivity index (χ0n) is 14.4. The first-order chi connectivity index (χ1) is 11.5. The van der Waals surface area contributed by atoms with Crippen molar-refractivity contribution < 1.29 is 14.8 Å². The predicted molar refractivity (Wildman–Crippen MR) is 93.4 cm³/mol. The Balaban J connectivity index is 1.87. The van der Waals surface area contributed by atoms with E-state index in [1.54, 1.807) is 0 Å². The van der Waals surface area contributed by atoms with Crippen LogP contribution in [0.25, 0.3) is 5.57 Å². The average Bonchev–Trinajstić information content (AvgIpc) is 2.91. The Morgan fingerprint density at radius 3 is 2.83 bits per heavy atom. The van der Waals surface area contributed by atoms with Crippen molar-refractivity contribution in [3.63, 3.8) is 0 Å². The molecule has 0 radical (unpaired) electrons. The minimum atomic E-state index is -0.289. The van der Waals surface area contributed by atoms with Crippen molar-refractivity contribution in [2.24, 2.45) is 0 Å². The fraction of sp³-hybridized carbons (Fsp3) is 0.250. The summed E-state index contributed by atoms with van der Waals surface area (Å²) >= 11 is 0. The molecule has 3 aliphatic rings. The van der Waals surface area contributed by atoms with Gasteiger partial charge in [0.1, 0.15) is 17.5 Å². The summed E-state index contributed by atoms with van der Waals surface area (Å²) in [6.45, 7) is 5.84. The number of allylic oxidation sites excluding steroid dienone is 4. The van der Waals surface area contributed by atoms with E-state index in [2.05, 4.69) is 42.5 Å². The fourth-order valence-corrected chi connectivity index (χ4v) is 3.90. The molecule has 4 rings (SSSR count). The summed E-state index contributed by atoms with van der Waals surface area (Å²) in [6.07, 6.45) is 6.48. The molecule has 4 heteroatoms. The average molecular weight is 321 g/mol. The van der Waals surface area contributed by atoms with Crippen LogP contribution in [0.5, 0.6) is 5.75 Å². The van der Waals surface area contributed by atoms with E-state index in [1.165, 1.54) is 46.0 Å². The number of carbonyl (C=O) groups is 1. The largest absolute Gasteiger partial charge is 0.427 e. The molecule has 1 aromatic rings. The summed E-state index contributed by atoms with van der Waals surface area (Å²) in [4.78, 5) is 13.4. The lowest BCUT2D eigenvalue weighted by Crippen LogP contribution is -2.82. The first kappa shape index (κ1) is 15.0. The van der Waals surface area contributed by atoms with E-state index in [9.17, 15) is 4.79 Å². The van der Waals surface area contributed by atoms with Crippen molar-refractivity contribution in [2.75, 3.05) is 7.05 Å². The van der Waals surface area contributed by atoms with Gasteiger partial charge in [-0.15, -0.1) is 0 Å². The third kappa shape index (κ3) is 2.14. The first-order valence-electron chi connectivity index (χ1n) is 8.17. The molecular formula is C20H21N2O2+. The van der Waals surface area contributed by atoms with Crippen LogP contribution in [0.4, 0.5) is 5.69 Å². The summed E-state index contributed by atoms with van der Waals surface area (Å²) in [5.74, 6) is 0.320. The van der Waals surface area contributed by atoms with Crippen LogP contribution in [-0.4, -0.2) is 24.0 Å². The molecule has 1 atom stereocenters. The van der Waals surface area contributed by atoms with Crippen molar-refractivity contribution in [3.8, 4) is 5.75 Å². The zero-order valence-corrected chi connectivity index (χ0v) is 14.4. The van der Waals surface area contributed by atoms with Crippen LogP contribution in [0, 0.1) is 0 Å². The number of esters is 1. The monoisotopic (exact) mass is 321 g/mol. The van der Waals surface area contributed by atoms with Crippen LogP contribution in [0.1, 0.15) is 26.3 Å². The minimum absolute atomic E-state index is 0.289. The molecule has 0 saturated heterocycles. The summed E-state index contributed by atoms with van der Waals surface area (Å²) in [6, 6.07) is 6.21. The minimum Gasteiger partial charge on any atom is -0.427 e. The number of ether oxygens (including phenoxy) is 1. The predicted octanol–water partition coefficient (Wildman–Crippen LogP) is 2.64. The van der Waals surface area contributed by atoms with Crippen LogP contribution in [0.3, 0.4) is 0 Å². The number of rotatable bonds is 1. The van der Waals surface area contributed by atoms with E-state index in [4.69, 9.17) is 4.74 Å². The fourth-order valence-electron chi connectivity index (χ4n) is 3.90. The molecule has 1 aliphatic carbocycles. The second kappa shape index (κ2) is 5.21. The quantitative estimate of drug-likeness (QED) is 0.491. The lowest BCUT2D eigenvalue weighted by Gasteiger charge is -2.29. The highest BCUT2D eigenvalue weighted by atomic mass is 16.5. The van der Waals surface area contributed by atoms with Crippen molar-refractivity contribution in [3.05, 3.63) is 64.5 Å². The summed E-state index contributed by atoms with van der Waals surface area (Å²) in [5, 5.41) is 2.32. The van der Waals surface area contributed by atoms with Gasteiger partial charge in [0, 0.05) is 49.1 Å². The van der Waals surface area contributed by atoms with Gasteiger partial charge in [-0.1, -0.05) is 0 Å². The lowest BCUT2D eigenvalue weighted by atomic mass is 9.79. The Morgan fingerprint density at radius 1 is 1.29 bits per heavy atom. The molecule has 122 valence electrons. The first-order valence-corrected chi connectivity index (χ1v) is 8.17. The molecule has 0 bridgehead atoms. The topological polar surface area (TPSA) is 46.1 Å². The second-order valence-corrected chi connectivity index (χ2v) is 6.65. The molecule has 0 saturated carbocycles. The van der Waals surface area contributed by atoms with Gasteiger partial charge >= 0.3 is 5.97 Å². The van der Waals surface area contributed by atoms with Crippen molar-refractivity contribution in [2.45, 2.75) is 26.8 Å². The van der Waals surface area contributed by atoms with E-state index < -0.39 is 0 Å². The summed E-state index contributed by atoms with van der Waals surface area (Å²) < 4.78 is 5.28. The molecule has 2 aliphatic heterocycles. The molecule has 0 amide bonds. The second-order valence-electron chi connectivity index (χ2n) is 6.65. The number of quaternary nitrogens is 1. The highest BCUT2D eigenvalue weighted by molar-refractivity contribution is 5.89. The number of nitrogens with zero attached hydrogens (tertiary/aromatic N) is 1. The number of carbonyl (C=O) groups excluding carboxylic acids is 1. The number of nitrogens with two attached hydrogens (primary N) is 1. The van der Waals surface area contributed by atoms with E-state index in [0.717, 1.165) is 0 Å². The van der Waals surface area contributed by atoms with Gasteiger partial charge in [-0.3, -0.25) is 4.79 Å². The van der Waals surface area contributed by atoms with Gasteiger partial charge < -0.3 is 15.0 Å². The van der Waals surface area contributed by atoms with Crippen LogP contribution in [0.2, 0.25) is 0 Å². The van der Waals surface area contributed by atoms with Gasteiger partial charge in [0.25, 0.3) is 0 Å². The zero-order chi connectivity index (χ0) is 17.0. The maximum absolute atomic E-state index is 11.3. The van der Waals surface area contributed by atoms with Gasteiger partial charge in [-0.05, 0) is 48.8 Å². The van der Waals surface area contributed by atoms with E-state index in [-0.39, 0.29) is 5.97 Å². The number of benzene rings is 1. The molecule has 2 heterocycles. The van der Waals surface area contributed by atoms with Crippen LogP contribution in [-0.2, 0) is 4.79 Å². The summed E-state index contributed by atoms with van der Waals surface area (Å²) in [5.41, 5.74) is 8.99. The maximum Gasteiger partial charge on any atom is 0.308 e.